The molecule has 4 nitrogen and oxygen atoms in total. The van der Waals surface area contributed by atoms with Crippen molar-refractivity contribution in [2.75, 3.05) is 6.61 Å². The predicted molar refractivity (Wildman–Crippen MR) is 111 cm³/mol. The average molecular weight is 381 g/mol. The molecule has 0 aliphatic carbocycles. The van der Waals surface area contributed by atoms with Crippen LogP contribution in [0, 0.1) is 0 Å². The molecule has 4 heteroatoms. The van der Waals surface area contributed by atoms with E-state index in [0.717, 1.165) is 6.42 Å². The number of rotatable bonds is 14. The maximum Gasteiger partial charge on any atom is 0.330 e. The van der Waals surface area contributed by atoms with Gasteiger partial charge in [0.1, 0.15) is 12.2 Å². The summed E-state index contributed by atoms with van der Waals surface area (Å²) in [6, 6.07) is 0. The van der Waals surface area contributed by atoms with Crippen molar-refractivity contribution in [1.29, 1.82) is 0 Å². The van der Waals surface area contributed by atoms with Crippen LogP contribution in [0.15, 0.2) is 24.3 Å². The summed E-state index contributed by atoms with van der Waals surface area (Å²) >= 11 is 0. The van der Waals surface area contributed by atoms with Crippen LogP contribution in [-0.4, -0.2) is 30.6 Å². The Hall–Kier alpha value is -1.13. The maximum atomic E-state index is 11.5. The van der Waals surface area contributed by atoms with E-state index in [1.165, 1.54) is 63.9 Å². The molecule has 2 atom stereocenters. The van der Waals surface area contributed by atoms with Crippen molar-refractivity contribution in [3.8, 4) is 0 Å². The van der Waals surface area contributed by atoms with Crippen LogP contribution in [-0.2, 0) is 19.0 Å². The number of unbranched alkanes of at least 4 members (excludes halogenated alkanes) is 9. The monoisotopic (exact) mass is 380 g/mol. The van der Waals surface area contributed by atoms with Gasteiger partial charge in [-0.05, 0) is 39.7 Å². The Bertz CT molecular complexity index is 453. The molecule has 0 aromatic rings. The molecule has 27 heavy (non-hydrogen) atoms. The molecule has 0 spiro atoms. The van der Waals surface area contributed by atoms with Crippen molar-refractivity contribution < 1.29 is 19.0 Å². The van der Waals surface area contributed by atoms with E-state index in [4.69, 9.17) is 14.2 Å². The van der Waals surface area contributed by atoms with Gasteiger partial charge in [0.2, 0.25) is 0 Å². The van der Waals surface area contributed by atoms with E-state index in [2.05, 4.69) is 19.1 Å². The van der Waals surface area contributed by atoms with Gasteiger partial charge in [-0.3, -0.25) is 0 Å². The van der Waals surface area contributed by atoms with Crippen molar-refractivity contribution in [3.05, 3.63) is 24.3 Å². The van der Waals surface area contributed by atoms with E-state index in [1.807, 2.05) is 13.8 Å². The molecule has 0 N–H and O–H groups in total. The lowest BCUT2D eigenvalue weighted by Gasteiger charge is -2.15. The standard InChI is InChI=1S/C23H40O4/c1-5-7-8-9-10-11-12-13-14-15-16-17-20-21(27-23(3,4)26-20)18-19-22(24)25-6-2/h16-21H,5-15H2,1-4H3/b17-16-,19-18+/t20-,21+/m1/s1. The van der Waals surface area contributed by atoms with Crippen LogP contribution in [0.1, 0.15) is 91.9 Å². The maximum absolute atomic E-state index is 11.5. The van der Waals surface area contributed by atoms with Crippen molar-refractivity contribution in [2.45, 2.75) is 110 Å². The lowest BCUT2D eigenvalue weighted by Crippen LogP contribution is -2.20. The first kappa shape index (κ1) is 23.9. The third kappa shape index (κ3) is 11.3. The zero-order valence-electron chi connectivity index (χ0n) is 17.9. The number of esters is 1. The normalized spacial score (nSPS) is 22.1. The van der Waals surface area contributed by atoms with E-state index >= 15 is 0 Å². The van der Waals surface area contributed by atoms with Gasteiger partial charge in [-0.25, -0.2) is 4.79 Å². The molecule has 156 valence electrons. The van der Waals surface area contributed by atoms with Crippen molar-refractivity contribution in [3.63, 3.8) is 0 Å². The van der Waals surface area contributed by atoms with Gasteiger partial charge in [-0.15, -0.1) is 0 Å². The minimum absolute atomic E-state index is 0.163. The lowest BCUT2D eigenvalue weighted by atomic mass is 10.1. The molecule has 0 aromatic carbocycles. The Morgan fingerprint density at radius 3 is 2.04 bits per heavy atom. The van der Waals surface area contributed by atoms with Crippen molar-refractivity contribution in [2.24, 2.45) is 0 Å². The van der Waals surface area contributed by atoms with E-state index in [0.29, 0.717) is 6.61 Å². The minimum Gasteiger partial charge on any atom is -0.463 e. The fourth-order valence-corrected chi connectivity index (χ4v) is 3.28. The predicted octanol–water partition coefficient (Wildman–Crippen LogP) is 6.10. The van der Waals surface area contributed by atoms with Crippen LogP contribution in [0.25, 0.3) is 0 Å². The number of allylic oxidation sites excluding steroid dienone is 1. The highest BCUT2D eigenvalue weighted by molar-refractivity contribution is 5.82. The highest BCUT2D eigenvalue weighted by Gasteiger charge is 2.38. The molecule has 1 saturated heterocycles. The van der Waals surface area contributed by atoms with Gasteiger partial charge in [0.05, 0.1) is 6.61 Å². The summed E-state index contributed by atoms with van der Waals surface area (Å²) in [5.41, 5.74) is 0. The van der Waals surface area contributed by atoms with Crippen LogP contribution in [0.3, 0.4) is 0 Å². The van der Waals surface area contributed by atoms with E-state index < -0.39 is 5.79 Å². The highest BCUT2D eigenvalue weighted by Crippen LogP contribution is 2.29. The van der Waals surface area contributed by atoms with Gasteiger partial charge < -0.3 is 14.2 Å². The Balaban J connectivity index is 2.24. The molecule has 1 heterocycles. The van der Waals surface area contributed by atoms with E-state index in [1.54, 1.807) is 13.0 Å². The Labute approximate surface area is 166 Å². The van der Waals surface area contributed by atoms with E-state index in [9.17, 15) is 4.79 Å². The molecule has 0 aromatic heterocycles. The van der Waals surface area contributed by atoms with Gasteiger partial charge in [0, 0.05) is 6.08 Å². The summed E-state index contributed by atoms with van der Waals surface area (Å²) in [4.78, 5) is 11.5. The summed E-state index contributed by atoms with van der Waals surface area (Å²) in [5.74, 6) is -0.987. The number of carbonyl (C=O) groups excluding carboxylic acids is 1. The Morgan fingerprint density at radius 2 is 1.44 bits per heavy atom. The van der Waals surface area contributed by atoms with Crippen LogP contribution < -0.4 is 0 Å². The molecular formula is C23H40O4. The summed E-state index contributed by atoms with van der Waals surface area (Å²) in [6.07, 6.45) is 20.1. The zero-order chi connectivity index (χ0) is 20.0. The minimum atomic E-state index is -0.642. The molecule has 0 radical (unpaired) electrons. The first-order valence-corrected chi connectivity index (χ1v) is 10.9. The van der Waals surface area contributed by atoms with Crippen molar-refractivity contribution >= 4 is 5.97 Å². The van der Waals surface area contributed by atoms with E-state index in [-0.39, 0.29) is 18.2 Å². The first-order chi connectivity index (χ1) is 13.0. The smallest absolute Gasteiger partial charge is 0.330 e. The molecule has 0 unspecified atom stereocenters. The SMILES string of the molecule is CCCCCCCCCCC/C=C\[C@H]1OC(C)(C)O[C@H]1/C=C/C(=O)OCC. The molecule has 0 bridgehead atoms. The third-order valence-corrected chi connectivity index (χ3v) is 4.67. The van der Waals surface area contributed by atoms with Crippen LogP contribution in [0.2, 0.25) is 0 Å². The van der Waals surface area contributed by atoms with Crippen LogP contribution >= 0.6 is 0 Å². The Morgan fingerprint density at radius 1 is 0.889 bits per heavy atom. The number of ether oxygens (including phenoxy) is 3. The molecule has 1 fully saturated rings. The second-order valence-electron chi connectivity index (χ2n) is 7.72. The van der Waals surface area contributed by atoms with Gasteiger partial charge >= 0.3 is 5.97 Å². The quantitative estimate of drug-likeness (QED) is 0.158. The van der Waals surface area contributed by atoms with Crippen LogP contribution in [0.5, 0.6) is 0 Å². The fraction of sp³-hybridized carbons (Fsp3) is 0.783. The molecule has 0 amide bonds. The fourth-order valence-electron chi connectivity index (χ4n) is 3.28. The summed E-state index contributed by atoms with van der Waals surface area (Å²) in [5, 5.41) is 0. The second kappa shape index (κ2) is 14.0. The molecule has 1 aliphatic heterocycles. The van der Waals surface area contributed by atoms with Gasteiger partial charge in [-0.2, -0.15) is 0 Å². The first-order valence-electron chi connectivity index (χ1n) is 10.9. The van der Waals surface area contributed by atoms with Crippen LogP contribution in [0.4, 0.5) is 0 Å². The summed E-state index contributed by atoms with van der Waals surface area (Å²) in [7, 11) is 0. The highest BCUT2D eigenvalue weighted by atomic mass is 16.7. The lowest BCUT2D eigenvalue weighted by molar-refractivity contribution is -0.140. The topological polar surface area (TPSA) is 44.8 Å². The van der Waals surface area contributed by atoms with Gasteiger partial charge in [-0.1, -0.05) is 70.4 Å². The number of hydrogen-bond acceptors (Lipinski definition) is 4. The molecule has 1 aliphatic rings. The Kier molecular flexibility index (Phi) is 12.4. The number of hydrogen-bond donors (Lipinski definition) is 0. The average Bonchev–Trinajstić information content (AvgIpc) is 2.92. The molecular weight excluding hydrogens is 340 g/mol. The van der Waals surface area contributed by atoms with Gasteiger partial charge in [0.25, 0.3) is 0 Å². The zero-order valence-corrected chi connectivity index (χ0v) is 17.9. The third-order valence-electron chi connectivity index (χ3n) is 4.67. The summed E-state index contributed by atoms with van der Waals surface area (Å²) < 4.78 is 16.7. The summed E-state index contributed by atoms with van der Waals surface area (Å²) in [6.45, 7) is 8.22. The largest absolute Gasteiger partial charge is 0.463 e. The second-order valence-corrected chi connectivity index (χ2v) is 7.72. The molecule has 1 rings (SSSR count). The van der Waals surface area contributed by atoms with Crippen molar-refractivity contribution in [1.82, 2.24) is 0 Å². The number of carbonyl (C=O) groups is 1. The molecule has 0 saturated carbocycles. The van der Waals surface area contributed by atoms with Gasteiger partial charge in [0.15, 0.2) is 5.79 Å².